The van der Waals surface area contributed by atoms with Gasteiger partial charge in [-0.1, -0.05) is 32.0 Å². The fourth-order valence-electron chi connectivity index (χ4n) is 9.23. The quantitative estimate of drug-likeness (QED) is 0.143. The summed E-state index contributed by atoms with van der Waals surface area (Å²) < 4.78 is 22.5. The van der Waals surface area contributed by atoms with Crippen LogP contribution in [-0.4, -0.2) is 92.9 Å². The van der Waals surface area contributed by atoms with Crippen LogP contribution in [0, 0.1) is 17.8 Å². The Labute approximate surface area is 337 Å². The zero-order valence-electron chi connectivity index (χ0n) is 34.0. The molecule has 9 rings (SSSR count). The van der Waals surface area contributed by atoms with Gasteiger partial charge in [-0.15, -0.1) is 0 Å². The molecule has 14 nitrogen and oxygen atoms in total. The van der Waals surface area contributed by atoms with Gasteiger partial charge in [0.1, 0.15) is 35.6 Å². The van der Waals surface area contributed by atoms with E-state index in [4.69, 9.17) is 28.9 Å². The number of imidazole rings is 2. The molecule has 3 aliphatic heterocycles. The number of aromatic nitrogens is 4. The van der Waals surface area contributed by atoms with E-state index in [1.807, 2.05) is 51.8 Å². The monoisotopic (exact) mass is 789 g/mol. The molecular weight excluding hydrogens is 739 g/mol. The van der Waals surface area contributed by atoms with Crippen molar-refractivity contribution in [3.63, 3.8) is 0 Å². The summed E-state index contributed by atoms with van der Waals surface area (Å²) in [5, 5.41) is 4.80. The molecule has 2 aromatic heterocycles. The van der Waals surface area contributed by atoms with Crippen molar-refractivity contribution in [2.24, 2.45) is 17.8 Å². The third kappa shape index (κ3) is 6.80. The smallest absolute Gasteiger partial charge is 0.410 e. The summed E-state index contributed by atoms with van der Waals surface area (Å²) in [5.41, 5.74) is 6.13. The van der Waals surface area contributed by atoms with Crippen LogP contribution in [-0.2, 0) is 25.6 Å². The Morgan fingerprint density at radius 1 is 0.983 bits per heavy atom. The van der Waals surface area contributed by atoms with Gasteiger partial charge < -0.3 is 39.1 Å². The van der Waals surface area contributed by atoms with Crippen molar-refractivity contribution < 1.29 is 33.3 Å². The minimum absolute atomic E-state index is 0.104. The van der Waals surface area contributed by atoms with Gasteiger partial charge in [-0.05, 0) is 98.2 Å². The van der Waals surface area contributed by atoms with Crippen LogP contribution in [0.25, 0.3) is 44.2 Å². The van der Waals surface area contributed by atoms with Crippen molar-refractivity contribution >= 4 is 39.9 Å². The predicted octanol–water partition coefficient (Wildman–Crippen LogP) is 7.65. The number of H-pyrrole nitrogens is 2. The number of ether oxygens (including phenoxy) is 4. The molecule has 0 radical (unpaired) electrons. The summed E-state index contributed by atoms with van der Waals surface area (Å²) >= 11 is 0. The molecule has 5 aromatic rings. The molecule has 304 valence electrons. The highest BCUT2D eigenvalue weighted by Gasteiger charge is 2.56. The van der Waals surface area contributed by atoms with Crippen molar-refractivity contribution in [2.75, 3.05) is 27.4 Å². The summed E-state index contributed by atoms with van der Waals surface area (Å²) in [6.45, 7) is 11.0. The number of hydrogen-bond donors (Lipinski definition) is 3. The highest BCUT2D eigenvalue weighted by Crippen LogP contribution is 2.54. The number of rotatable bonds is 8. The zero-order valence-corrected chi connectivity index (χ0v) is 34.0. The number of likely N-dealkylation sites (tertiary alicyclic amines) is 2. The normalized spacial score (nSPS) is 22.7. The molecule has 6 atom stereocenters. The molecule has 3 N–H and O–H groups in total. The molecule has 4 aliphatic rings. The van der Waals surface area contributed by atoms with E-state index in [0.29, 0.717) is 25.7 Å². The van der Waals surface area contributed by atoms with E-state index in [2.05, 4.69) is 51.7 Å². The second-order valence-electron chi connectivity index (χ2n) is 17.6. The Bertz CT molecular complexity index is 2430. The Balaban J connectivity index is 0.977. The summed E-state index contributed by atoms with van der Waals surface area (Å²) in [6.07, 6.45) is 3.38. The van der Waals surface area contributed by atoms with Crippen LogP contribution in [0.15, 0.2) is 48.7 Å². The van der Waals surface area contributed by atoms with E-state index in [1.165, 1.54) is 7.11 Å². The SMILES string of the molecule is COC[C@H]1C[C@@H](c2ncc(-c3ccc4c(c3)COc3cc5c(ccc6nc([C@@H]7CC8CC8N7C(=O)[C@@H](NC(=O)OC)C(C)C)[nH]c65)cc3-4)[nH]2)N(C(=O)OC(C)(C)C)C1. The molecule has 14 heteroatoms. The average molecular weight is 790 g/mol. The van der Waals surface area contributed by atoms with Crippen molar-refractivity contribution in [3.05, 3.63) is 65.9 Å². The van der Waals surface area contributed by atoms with Gasteiger partial charge in [-0.2, -0.15) is 0 Å². The van der Waals surface area contributed by atoms with Crippen LogP contribution in [0.3, 0.4) is 0 Å². The number of methoxy groups -OCH3 is 2. The molecule has 1 saturated carbocycles. The Morgan fingerprint density at radius 3 is 2.57 bits per heavy atom. The van der Waals surface area contributed by atoms with Crippen molar-refractivity contribution in [2.45, 2.75) is 90.3 Å². The Morgan fingerprint density at radius 2 is 1.81 bits per heavy atom. The lowest BCUT2D eigenvalue weighted by Crippen LogP contribution is -2.52. The molecule has 58 heavy (non-hydrogen) atoms. The number of amides is 3. The second-order valence-corrected chi connectivity index (χ2v) is 17.6. The van der Waals surface area contributed by atoms with Crippen molar-refractivity contribution in [1.29, 1.82) is 0 Å². The van der Waals surface area contributed by atoms with E-state index in [9.17, 15) is 14.4 Å². The van der Waals surface area contributed by atoms with E-state index in [-0.39, 0.29) is 42.0 Å². The first-order valence-corrected chi connectivity index (χ1v) is 20.2. The van der Waals surface area contributed by atoms with Gasteiger partial charge in [0.25, 0.3) is 0 Å². The van der Waals surface area contributed by atoms with Crippen molar-refractivity contribution in [1.82, 2.24) is 35.1 Å². The predicted molar refractivity (Wildman–Crippen MR) is 217 cm³/mol. The van der Waals surface area contributed by atoms with Crippen LogP contribution >= 0.6 is 0 Å². The van der Waals surface area contributed by atoms with E-state index in [0.717, 1.165) is 86.4 Å². The standard InChI is InChI=1S/C44H51N7O7/c1-22(2)37(49-42(53)56-7)41(52)51-33-15-26(33)16-35(51)40-46-31-11-9-24-14-30-28-10-8-25(13-27(28)21-57-36(30)17-29(24)38(31)48-40)32-18-45-39(47-32)34-12-23(20-55-6)19-50(34)43(54)58-44(3,4)5/h8-11,13-14,17-18,22-23,26,33-35,37H,12,15-16,19-21H2,1-7H3,(H,45,47)(H,46,48)(H,49,53)/t23-,26?,33?,34-,35-,37-/m0/s1. The van der Waals surface area contributed by atoms with Crippen LogP contribution in [0.1, 0.15) is 83.2 Å². The first-order valence-electron chi connectivity index (χ1n) is 20.2. The summed E-state index contributed by atoms with van der Waals surface area (Å²) in [6, 6.07) is 13.7. The van der Waals surface area contributed by atoms with Gasteiger partial charge in [-0.3, -0.25) is 9.69 Å². The third-order valence-corrected chi connectivity index (χ3v) is 12.1. The van der Waals surface area contributed by atoms with Gasteiger partial charge >= 0.3 is 12.2 Å². The van der Waals surface area contributed by atoms with Gasteiger partial charge in [-0.25, -0.2) is 19.6 Å². The molecule has 1 aliphatic carbocycles. The average Bonchev–Trinajstić information content (AvgIpc) is 3.66. The molecule has 2 saturated heterocycles. The first kappa shape index (κ1) is 37.9. The highest BCUT2D eigenvalue weighted by molar-refractivity contribution is 6.07. The molecule has 3 fully saturated rings. The van der Waals surface area contributed by atoms with E-state index < -0.39 is 17.7 Å². The van der Waals surface area contributed by atoms with Crippen LogP contribution in [0.4, 0.5) is 9.59 Å². The molecule has 2 unspecified atom stereocenters. The molecule has 3 amide bonds. The number of benzene rings is 3. The van der Waals surface area contributed by atoms with Crippen LogP contribution in [0.5, 0.6) is 5.75 Å². The summed E-state index contributed by atoms with van der Waals surface area (Å²) in [5.74, 6) is 2.66. The molecular formula is C44H51N7O7. The number of carbonyl (C=O) groups excluding carboxylic acids is 3. The summed E-state index contributed by atoms with van der Waals surface area (Å²) in [4.78, 5) is 60.0. The van der Waals surface area contributed by atoms with Gasteiger partial charge in [0.05, 0.1) is 48.7 Å². The second kappa shape index (κ2) is 14.3. The topological polar surface area (TPSA) is 164 Å². The lowest BCUT2D eigenvalue weighted by atomic mass is 9.92. The molecule has 0 bridgehead atoms. The maximum Gasteiger partial charge on any atom is 0.410 e. The third-order valence-electron chi connectivity index (χ3n) is 12.1. The number of nitrogens with zero attached hydrogens (tertiary/aromatic N) is 4. The van der Waals surface area contributed by atoms with Gasteiger partial charge in [0, 0.05) is 36.6 Å². The van der Waals surface area contributed by atoms with Gasteiger partial charge in [0.15, 0.2) is 0 Å². The minimum Gasteiger partial charge on any atom is -0.488 e. The fraction of sp³-hybridized carbons (Fsp3) is 0.477. The van der Waals surface area contributed by atoms with E-state index in [1.54, 1.807) is 12.0 Å². The zero-order chi connectivity index (χ0) is 40.6. The molecule has 5 heterocycles. The van der Waals surface area contributed by atoms with Crippen molar-refractivity contribution in [3.8, 4) is 28.1 Å². The number of nitrogens with one attached hydrogen (secondary N) is 3. The lowest BCUT2D eigenvalue weighted by Gasteiger charge is -2.31. The fourth-order valence-corrected chi connectivity index (χ4v) is 9.23. The number of hydrogen-bond acceptors (Lipinski definition) is 9. The first-order chi connectivity index (χ1) is 27.8. The minimum atomic E-state index is -0.692. The maximum atomic E-state index is 14.0. The van der Waals surface area contributed by atoms with Crippen LogP contribution in [0.2, 0.25) is 0 Å². The Hall–Kier alpha value is -5.63. The van der Waals surface area contributed by atoms with Crippen LogP contribution < -0.4 is 10.1 Å². The van der Waals surface area contributed by atoms with Gasteiger partial charge in [0.2, 0.25) is 5.91 Å². The maximum absolute atomic E-state index is 14.0. The lowest BCUT2D eigenvalue weighted by molar-refractivity contribution is -0.136. The largest absolute Gasteiger partial charge is 0.488 e. The molecule has 0 spiro atoms. The number of alkyl carbamates (subject to hydrolysis) is 1. The number of aromatic amines is 2. The number of carbonyl (C=O) groups is 3. The Kier molecular flexibility index (Phi) is 9.37. The highest BCUT2D eigenvalue weighted by atomic mass is 16.6. The number of piperidine rings is 1. The van der Waals surface area contributed by atoms with E-state index >= 15 is 0 Å². The molecule has 3 aromatic carbocycles. The number of fused-ring (bicyclic) bond motifs is 7. The summed E-state index contributed by atoms with van der Waals surface area (Å²) in [7, 11) is 2.99.